The van der Waals surface area contributed by atoms with Crippen molar-refractivity contribution in [3.05, 3.63) is 33.7 Å². The van der Waals surface area contributed by atoms with Gasteiger partial charge in [0.25, 0.3) is 0 Å². The van der Waals surface area contributed by atoms with E-state index in [1.807, 2.05) is 0 Å². The lowest BCUT2D eigenvalue weighted by Crippen LogP contribution is -1.61. The van der Waals surface area contributed by atoms with Crippen molar-refractivity contribution in [1.82, 2.24) is 0 Å². The van der Waals surface area contributed by atoms with E-state index in [9.17, 15) is 0 Å². The maximum Gasteiger partial charge on any atom is 0.0639 e. The van der Waals surface area contributed by atoms with Crippen LogP contribution in [0.4, 0.5) is 0 Å². The third-order valence-electron chi connectivity index (χ3n) is 0.564. The van der Waals surface area contributed by atoms with Gasteiger partial charge in [0.2, 0.25) is 0 Å². The van der Waals surface area contributed by atoms with Gasteiger partial charge in [-0.15, -0.1) is 0 Å². The van der Waals surface area contributed by atoms with Crippen LogP contribution in [0.2, 0.25) is 5.02 Å². The second-order valence-electron chi connectivity index (χ2n) is 1.13. The van der Waals surface area contributed by atoms with Crippen LogP contribution in [0, 0.1) is 0 Å². The number of hydrogen-bond donors (Lipinski definition) is 0. The van der Waals surface area contributed by atoms with E-state index in [2.05, 4.69) is 15.9 Å². The second kappa shape index (κ2) is 2.51. The predicted molar refractivity (Wildman–Crippen MR) is 39.2 cm³/mol. The van der Waals surface area contributed by atoms with Crippen LogP contribution in [-0.2, 0) is 0 Å². The molecule has 0 heterocycles. The molecule has 0 saturated carbocycles. The molecule has 0 unspecified atom stereocenters. The van der Waals surface area contributed by atoms with Crippen LogP contribution >= 0.6 is 27.5 Å². The lowest BCUT2D eigenvalue weighted by atomic mass is 10.4. The fourth-order valence-corrected chi connectivity index (χ4v) is 0.575. The summed E-state index contributed by atoms with van der Waals surface area (Å²) in [6, 6.07) is -0.740. The molecule has 8 heavy (non-hydrogen) atoms. The highest BCUT2D eigenvalue weighted by molar-refractivity contribution is 9.10. The van der Waals surface area contributed by atoms with Crippen LogP contribution in [0.5, 0.6) is 0 Å². The number of hydrogen-bond acceptors (Lipinski definition) is 0. The molecule has 2 heteroatoms. The summed E-state index contributed by atoms with van der Waals surface area (Å²) in [6.45, 7) is 0. The number of halogens is 2. The van der Waals surface area contributed by atoms with Crippen LogP contribution < -0.4 is 0 Å². The first-order valence-electron chi connectivity index (χ1n) is 3.88. The number of benzene rings is 1. The van der Waals surface area contributed by atoms with Gasteiger partial charge in [0.1, 0.15) is 0 Å². The second-order valence-corrected chi connectivity index (χ2v) is 2.30. The predicted octanol–water partition coefficient (Wildman–Crippen LogP) is 3.10. The molecular formula is C6H4BrCl. The monoisotopic (exact) mass is 194 g/mol. The van der Waals surface area contributed by atoms with Gasteiger partial charge in [-0.25, -0.2) is 0 Å². The van der Waals surface area contributed by atoms with Crippen LogP contribution in [0.3, 0.4) is 0 Å². The fraction of sp³-hybridized carbons (Fsp3) is 0. The average Bonchev–Trinajstić information content (AvgIpc) is 2.08. The third-order valence-corrected chi connectivity index (χ3v) is 1.15. The Morgan fingerprint density at radius 1 is 1.38 bits per heavy atom. The van der Waals surface area contributed by atoms with Crippen molar-refractivity contribution < 1.29 is 5.48 Å². The molecule has 1 aromatic rings. The van der Waals surface area contributed by atoms with E-state index in [0.29, 0.717) is 0 Å². The summed E-state index contributed by atoms with van der Waals surface area (Å²) in [5.41, 5.74) is 0. The summed E-state index contributed by atoms with van der Waals surface area (Å²) < 4.78 is 29.3. The van der Waals surface area contributed by atoms with Crippen molar-refractivity contribution in [2.24, 2.45) is 0 Å². The van der Waals surface area contributed by atoms with Crippen molar-refractivity contribution in [1.29, 1.82) is 0 Å². The summed E-state index contributed by atoms with van der Waals surface area (Å²) in [5, 5.41) is -0.145. The molecule has 0 spiro atoms. The molecule has 0 bridgehead atoms. The molecular weight excluding hydrogens is 187 g/mol. The lowest BCUT2D eigenvalue weighted by Gasteiger charge is -1.86. The van der Waals surface area contributed by atoms with Gasteiger partial charge >= 0.3 is 0 Å². The zero-order valence-electron chi connectivity index (χ0n) is 7.76. The number of rotatable bonds is 0. The molecule has 42 valence electrons. The van der Waals surface area contributed by atoms with E-state index < -0.39 is 0 Å². The molecule has 0 aliphatic rings. The minimum absolute atomic E-state index is 0.141. The standard InChI is InChI=1S/C6H4BrCl/c7-5-1-3-6(8)4-2-5/h1-4H/i1D,2D,3D,4D. The first-order valence-corrected chi connectivity index (χ1v) is 3.05. The van der Waals surface area contributed by atoms with Crippen molar-refractivity contribution in [2.45, 2.75) is 0 Å². The van der Waals surface area contributed by atoms with Gasteiger partial charge in [-0.05, 0) is 24.2 Å². The Balaban J connectivity index is 3.60. The van der Waals surface area contributed by atoms with E-state index in [1.165, 1.54) is 0 Å². The topological polar surface area (TPSA) is 0 Å². The molecule has 0 aliphatic carbocycles. The zero-order valence-corrected chi connectivity index (χ0v) is 6.10. The Bertz CT molecular complexity index is 234. The average molecular weight is 195 g/mol. The van der Waals surface area contributed by atoms with E-state index >= 15 is 0 Å². The maximum atomic E-state index is 7.30. The Labute approximate surface area is 67.2 Å². The van der Waals surface area contributed by atoms with E-state index in [4.69, 9.17) is 17.1 Å². The summed E-state index contributed by atoms with van der Waals surface area (Å²) in [4.78, 5) is 0. The SMILES string of the molecule is [2H]c1c([2H])c(Br)c([2H])c([2H])c1Cl. The highest BCUT2D eigenvalue weighted by Crippen LogP contribution is 2.13. The summed E-state index contributed by atoms with van der Waals surface area (Å²) in [7, 11) is 0. The van der Waals surface area contributed by atoms with Crippen molar-refractivity contribution in [2.75, 3.05) is 0 Å². The van der Waals surface area contributed by atoms with Gasteiger partial charge in [0.15, 0.2) is 0 Å². The Kier molecular flexibility index (Phi) is 0.853. The van der Waals surface area contributed by atoms with Crippen molar-refractivity contribution in [3.8, 4) is 0 Å². The van der Waals surface area contributed by atoms with Crippen molar-refractivity contribution in [3.63, 3.8) is 0 Å². The minimum Gasteiger partial charge on any atom is -0.0843 e. The first-order chi connectivity index (χ1) is 5.46. The smallest absolute Gasteiger partial charge is 0.0639 e. The van der Waals surface area contributed by atoms with Gasteiger partial charge in [-0.3, -0.25) is 0 Å². The highest BCUT2D eigenvalue weighted by atomic mass is 79.9. The molecule has 0 nitrogen and oxygen atoms in total. The van der Waals surface area contributed by atoms with E-state index in [0.717, 1.165) is 0 Å². The molecule has 0 aliphatic heterocycles. The van der Waals surface area contributed by atoms with Crippen LogP contribution in [0.25, 0.3) is 0 Å². The van der Waals surface area contributed by atoms with Gasteiger partial charge in [-0.2, -0.15) is 0 Å². The Morgan fingerprint density at radius 2 is 1.88 bits per heavy atom. The van der Waals surface area contributed by atoms with Gasteiger partial charge < -0.3 is 0 Å². The largest absolute Gasteiger partial charge is 0.0843 e. The molecule has 1 rings (SSSR count). The van der Waals surface area contributed by atoms with Crippen LogP contribution in [0.15, 0.2) is 28.6 Å². The van der Waals surface area contributed by atoms with E-state index in [-0.39, 0.29) is 33.7 Å². The van der Waals surface area contributed by atoms with E-state index in [1.54, 1.807) is 0 Å². The molecule has 0 atom stereocenters. The Morgan fingerprint density at radius 3 is 2.38 bits per heavy atom. The molecule has 0 amide bonds. The zero-order chi connectivity index (χ0) is 9.46. The minimum atomic E-state index is -0.218. The Hall–Kier alpha value is -0.0100. The molecule has 0 fully saturated rings. The molecule has 0 N–H and O–H groups in total. The lowest BCUT2D eigenvalue weighted by molar-refractivity contribution is 1.65. The van der Waals surface area contributed by atoms with Crippen LogP contribution in [0.1, 0.15) is 5.48 Å². The molecule has 0 aromatic heterocycles. The fourth-order valence-electron chi connectivity index (χ4n) is 0.282. The third kappa shape index (κ3) is 1.49. The maximum absolute atomic E-state index is 7.30. The summed E-state index contributed by atoms with van der Waals surface area (Å²) >= 11 is 8.47. The molecule has 0 radical (unpaired) electrons. The first kappa shape index (κ1) is 2.72. The van der Waals surface area contributed by atoms with Gasteiger partial charge in [-0.1, -0.05) is 27.5 Å². The van der Waals surface area contributed by atoms with Crippen molar-refractivity contribution >= 4 is 27.5 Å². The van der Waals surface area contributed by atoms with Gasteiger partial charge in [0.05, 0.1) is 5.48 Å². The highest BCUT2D eigenvalue weighted by Gasteiger charge is 1.83. The van der Waals surface area contributed by atoms with Crippen LogP contribution in [-0.4, -0.2) is 0 Å². The summed E-state index contributed by atoms with van der Waals surface area (Å²) in [6.07, 6.45) is 0. The quantitative estimate of drug-likeness (QED) is 0.597. The molecule has 0 saturated heterocycles. The normalized spacial score (nSPS) is 16.2. The molecule has 1 aromatic carbocycles. The summed E-state index contributed by atoms with van der Waals surface area (Å²) in [5.74, 6) is 0. The van der Waals surface area contributed by atoms with Gasteiger partial charge in [0, 0.05) is 9.50 Å².